The van der Waals surface area contributed by atoms with Gasteiger partial charge in [-0.1, -0.05) is 30.3 Å². The summed E-state index contributed by atoms with van der Waals surface area (Å²) in [5, 5.41) is 4.22. The third-order valence-corrected chi connectivity index (χ3v) is 6.21. The number of nitrogens with zero attached hydrogens (tertiary/aromatic N) is 1. The zero-order valence-electron chi connectivity index (χ0n) is 16.2. The van der Waals surface area contributed by atoms with Gasteiger partial charge >= 0.3 is 6.03 Å². The maximum atomic E-state index is 13.0. The van der Waals surface area contributed by atoms with Crippen molar-refractivity contribution in [3.63, 3.8) is 0 Å². The molecule has 0 bridgehead atoms. The summed E-state index contributed by atoms with van der Waals surface area (Å²) in [4.78, 5) is 18.0. The van der Waals surface area contributed by atoms with Gasteiger partial charge in [-0.15, -0.1) is 0 Å². The molecule has 150 valence electrons. The second-order valence-corrected chi connectivity index (χ2v) is 7.89. The number of ether oxygens (including phenoxy) is 1. The lowest BCUT2D eigenvalue weighted by atomic mass is 9.83. The van der Waals surface area contributed by atoms with E-state index in [9.17, 15) is 9.18 Å². The van der Waals surface area contributed by atoms with Crippen molar-refractivity contribution in [2.24, 2.45) is 0 Å². The number of H-pyrrole nitrogens is 1. The molecule has 0 aliphatic carbocycles. The van der Waals surface area contributed by atoms with Crippen molar-refractivity contribution in [1.82, 2.24) is 15.2 Å². The van der Waals surface area contributed by atoms with E-state index in [1.807, 2.05) is 11.0 Å². The van der Waals surface area contributed by atoms with Gasteiger partial charge in [0.15, 0.2) is 0 Å². The molecule has 3 aromatic rings. The van der Waals surface area contributed by atoms with Gasteiger partial charge < -0.3 is 19.9 Å². The Balaban J connectivity index is 1.27. The molecule has 0 atom stereocenters. The van der Waals surface area contributed by atoms with Crippen LogP contribution >= 0.6 is 0 Å². The normalized spacial score (nSPS) is 18.0. The molecule has 5 rings (SSSR count). The molecule has 0 radical (unpaired) electrons. The zero-order valence-corrected chi connectivity index (χ0v) is 16.2. The first kappa shape index (κ1) is 18.2. The summed E-state index contributed by atoms with van der Waals surface area (Å²) in [5.74, 6) is -0.273. The van der Waals surface area contributed by atoms with Crippen LogP contribution in [0.15, 0.2) is 48.5 Å². The number of rotatable bonds is 2. The van der Waals surface area contributed by atoms with Crippen LogP contribution in [0.5, 0.6) is 0 Å². The molecule has 0 saturated carbocycles. The molecule has 2 aliphatic heterocycles. The second-order valence-electron chi connectivity index (χ2n) is 7.89. The van der Waals surface area contributed by atoms with Crippen LogP contribution in [0.4, 0.5) is 9.18 Å². The first-order valence-electron chi connectivity index (χ1n) is 10.2. The van der Waals surface area contributed by atoms with Crippen LogP contribution in [-0.2, 0) is 23.3 Å². The Labute approximate surface area is 168 Å². The van der Waals surface area contributed by atoms with Crippen LogP contribution in [0.1, 0.15) is 29.7 Å². The number of aromatic nitrogens is 1. The molecule has 1 fully saturated rings. The number of piperidine rings is 1. The largest absolute Gasteiger partial charge is 0.368 e. The highest BCUT2D eigenvalue weighted by atomic mass is 19.1. The molecule has 2 aliphatic rings. The van der Waals surface area contributed by atoms with E-state index in [-0.39, 0.29) is 17.4 Å². The van der Waals surface area contributed by atoms with Gasteiger partial charge in [-0.25, -0.2) is 9.18 Å². The predicted molar refractivity (Wildman–Crippen MR) is 109 cm³/mol. The molecule has 1 spiro atoms. The average molecular weight is 393 g/mol. The quantitative estimate of drug-likeness (QED) is 0.689. The van der Waals surface area contributed by atoms with Gasteiger partial charge in [0.2, 0.25) is 0 Å². The number of likely N-dealkylation sites (tertiary alicyclic amines) is 1. The Bertz CT molecular complexity index is 1040. The van der Waals surface area contributed by atoms with Crippen LogP contribution in [-0.4, -0.2) is 35.6 Å². The minimum absolute atomic E-state index is 0.0862. The fourth-order valence-electron chi connectivity index (χ4n) is 4.63. The van der Waals surface area contributed by atoms with Crippen LogP contribution < -0.4 is 5.32 Å². The third kappa shape index (κ3) is 3.27. The molecule has 1 aromatic heterocycles. The van der Waals surface area contributed by atoms with Crippen LogP contribution in [0.2, 0.25) is 0 Å². The zero-order chi connectivity index (χ0) is 19.8. The topological polar surface area (TPSA) is 57.4 Å². The number of fused-ring (bicyclic) bond motifs is 4. The van der Waals surface area contributed by atoms with Crippen molar-refractivity contribution in [2.75, 3.05) is 19.7 Å². The Morgan fingerprint density at radius 1 is 1.14 bits per heavy atom. The van der Waals surface area contributed by atoms with Crippen molar-refractivity contribution in [3.05, 3.63) is 71.2 Å². The minimum atomic E-state index is -0.333. The Hall–Kier alpha value is -2.86. The van der Waals surface area contributed by atoms with Crippen molar-refractivity contribution in [2.45, 2.75) is 31.4 Å². The predicted octanol–water partition coefficient (Wildman–Crippen LogP) is 4.08. The number of aromatic amines is 1. The summed E-state index contributed by atoms with van der Waals surface area (Å²) < 4.78 is 19.3. The van der Waals surface area contributed by atoms with E-state index in [1.165, 1.54) is 28.8 Å². The Morgan fingerprint density at radius 3 is 2.69 bits per heavy atom. The van der Waals surface area contributed by atoms with E-state index >= 15 is 0 Å². The number of hydrogen-bond acceptors (Lipinski definition) is 2. The highest BCUT2D eigenvalue weighted by Crippen LogP contribution is 2.43. The van der Waals surface area contributed by atoms with E-state index in [2.05, 4.69) is 28.5 Å². The van der Waals surface area contributed by atoms with Crippen molar-refractivity contribution in [3.8, 4) is 0 Å². The van der Waals surface area contributed by atoms with Gasteiger partial charge in [-0.05, 0) is 48.6 Å². The van der Waals surface area contributed by atoms with Crippen LogP contribution in [0, 0.1) is 5.82 Å². The van der Waals surface area contributed by atoms with Gasteiger partial charge in [-0.2, -0.15) is 0 Å². The van der Waals surface area contributed by atoms with Gasteiger partial charge in [0.05, 0.1) is 12.3 Å². The Morgan fingerprint density at radius 2 is 1.90 bits per heavy atom. The summed E-state index contributed by atoms with van der Waals surface area (Å²) >= 11 is 0. The first-order chi connectivity index (χ1) is 14.1. The SMILES string of the molecule is O=C(NCc1ccc(F)cc1)N1CCC2(CC1)OCCc1c2[nH]c2ccccc12. The number of halogens is 1. The maximum absolute atomic E-state index is 13.0. The summed E-state index contributed by atoms with van der Waals surface area (Å²) in [6, 6.07) is 14.5. The van der Waals surface area contributed by atoms with Crippen molar-refractivity contribution < 1.29 is 13.9 Å². The molecule has 2 amide bonds. The van der Waals surface area contributed by atoms with E-state index in [0.29, 0.717) is 26.2 Å². The number of carbonyl (C=O) groups is 1. The summed E-state index contributed by atoms with van der Waals surface area (Å²) in [5.41, 5.74) is 4.26. The molecule has 2 aromatic carbocycles. The standard InChI is InChI=1S/C23H24FN3O2/c24-17-7-5-16(6-8-17)15-25-22(28)27-12-10-23(11-13-27)21-19(9-14-29-23)18-3-1-2-4-20(18)26-21/h1-8,26H,9-15H2,(H,25,28). The number of carbonyl (C=O) groups excluding carboxylic acids is 1. The van der Waals surface area contributed by atoms with Gasteiger partial charge in [-0.3, -0.25) is 0 Å². The third-order valence-electron chi connectivity index (χ3n) is 6.21. The Kier molecular flexibility index (Phi) is 4.51. The van der Waals surface area contributed by atoms with Gasteiger partial charge in [0, 0.05) is 30.5 Å². The van der Waals surface area contributed by atoms with Crippen LogP contribution in [0.25, 0.3) is 10.9 Å². The lowest BCUT2D eigenvalue weighted by Crippen LogP contribution is -2.50. The molecule has 0 unspecified atom stereocenters. The molecule has 3 heterocycles. The number of amides is 2. The summed E-state index contributed by atoms with van der Waals surface area (Å²) in [7, 11) is 0. The number of urea groups is 1. The minimum Gasteiger partial charge on any atom is -0.368 e. The monoisotopic (exact) mass is 393 g/mol. The number of benzene rings is 2. The van der Waals surface area contributed by atoms with E-state index in [4.69, 9.17) is 4.74 Å². The molecular weight excluding hydrogens is 369 g/mol. The van der Waals surface area contributed by atoms with E-state index in [1.54, 1.807) is 12.1 Å². The molecule has 6 heteroatoms. The summed E-state index contributed by atoms with van der Waals surface area (Å²) in [6.45, 7) is 2.39. The van der Waals surface area contributed by atoms with E-state index < -0.39 is 0 Å². The molecular formula is C23H24FN3O2. The van der Waals surface area contributed by atoms with Gasteiger partial charge in [0.25, 0.3) is 0 Å². The number of hydrogen-bond donors (Lipinski definition) is 2. The number of para-hydroxylation sites is 1. The molecule has 2 N–H and O–H groups in total. The smallest absolute Gasteiger partial charge is 0.317 e. The fourth-order valence-corrected chi connectivity index (χ4v) is 4.63. The van der Waals surface area contributed by atoms with Crippen molar-refractivity contribution in [1.29, 1.82) is 0 Å². The molecule has 1 saturated heterocycles. The highest BCUT2D eigenvalue weighted by molar-refractivity contribution is 5.85. The molecule has 5 nitrogen and oxygen atoms in total. The van der Waals surface area contributed by atoms with Crippen LogP contribution in [0.3, 0.4) is 0 Å². The highest BCUT2D eigenvalue weighted by Gasteiger charge is 2.43. The van der Waals surface area contributed by atoms with Crippen molar-refractivity contribution >= 4 is 16.9 Å². The first-order valence-corrected chi connectivity index (χ1v) is 10.2. The molecule has 29 heavy (non-hydrogen) atoms. The lowest BCUT2D eigenvalue weighted by molar-refractivity contribution is -0.0948. The lowest BCUT2D eigenvalue weighted by Gasteiger charge is -2.43. The maximum Gasteiger partial charge on any atom is 0.317 e. The van der Waals surface area contributed by atoms with E-state index in [0.717, 1.165) is 30.3 Å². The van der Waals surface area contributed by atoms with Gasteiger partial charge in [0.1, 0.15) is 11.4 Å². The summed E-state index contributed by atoms with van der Waals surface area (Å²) in [6.07, 6.45) is 2.47. The fraction of sp³-hybridized carbons (Fsp3) is 0.348. The average Bonchev–Trinajstić information content (AvgIpc) is 3.14. The number of nitrogens with one attached hydrogen (secondary N) is 2. The second kappa shape index (κ2) is 7.19.